The first kappa shape index (κ1) is 19.4. The van der Waals surface area contributed by atoms with E-state index < -0.39 is 5.97 Å². The Hall–Kier alpha value is -2.93. The van der Waals surface area contributed by atoms with Crippen LogP contribution in [0.1, 0.15) is 38.9 Å². The van der Waals surface area contributed by atoms with Crippen LogP contribution >= 0.6 is 0 Å². The largest absolute Gasteiger partial charge is 0.491 e. The van der Waals surface area contributed by atoms with Crippen molar-refractivity contribution in [2.24, 2.45) is 0 Å². The van der Waals surface area contributed by atoms with Crippen molar-refractivity contribution in [3.63, 3.8) is 0 Å². The van der Waals surface area contributed by atoms with Gasteiger partial charge in [-0.3, -0.25) is 4.79 Å². The molecule has 2 rings (SSSR count). The van der Waals surface area contributed by atoms with Gasteiger partial charge in [-0.05, 0) is 37.6 Å². The predicted octanol–water partition coefficient (Wildman–Crippen LogP) is 2.43. The molecule has 0 unspecified atom stereocenters. The summed E-state index contributed by atoms with van der Waals surface area (Å²) in [5.74, 6) is -0.870. The number of aromatic nitrogens is 1. The Morgan fingerprint density at radius 2 is 2.00 bits per heavy atom. The van der Waals surface area contributed by atoms with Gasteiger partial charge in [0, 0.05) is 30.5 Å². The van der Waals surface area contributed by atoms with Gasteiger partial charge in [-0.25, -0.2) is 9.78 Å². The maximum absolute atomic E-state index is 12.3. The van der Waals surface area contributed by atoms with Crippen LogP contribution in [-0.2, 0) is 11.3 Å². The molecule has 0 aliphatic carbocycles. The van der Waals surface area contributed by atoms with E-state index in [1.165, 1.54) is 18.3 Å². The van der Waals surface area contributed by atoms with Gasteiger partial charge < -0.3 is 19.9 Å². The molecule has 1 aromatic carbocycles. The molecule has 1 heterocycles. The first-order valence-electron chi connectivity index (χ1n) is 8.29. The predicted molar refractivity (Wildman–Crippen MR) is 95.5 cm³/mol. The quantitative estimate of drug-likeness (QED) is 0.668. The summed E-state index contributed by atoms with van der Waals surface area (Å²) in [5.41, 5.74) is 1.94. The number of hydrogen-bond acceptors (Lipinski definition) is 5. The molecule has 0 radical (unpaired) electrons. The fraction of sp³-hybridized carbons (Fsp3) is 0.316. The summed E-state index contributed by atoms with van der Waals surface area (Å²) in [7, 11) is 0. The van der Waals surface area contributed by atoms with Crippen LogP contribution in [0.15, 0.2) is 36.5 Å². The zero-order chi connectivity index (χ0) is 18.9. The molecule has 26 heavy (non-hydrogen) atoms. The zero-order valence-corrected chi connectivity index (χ0v) is 14.8. The Labute approximate surface area is 152 Å². The number of nitrogens with zero attached hydrogens (tertiary/aromatic N) is 1. The van der Waals surface area contributed by atoms with Crippen molar-refractivity contribution in [3.05, 3.63) is 58.9 Å². The van der Waals surface area contributed by atoms with Crippen LogP contribution in [0, 0.1) is 6.92 Å². The molecular formula is C19H22N2O5. The molecule has 2 N–H and O–H groups in total. The van der Waals surface area contributed by atoms with Gasteiger partial charge in [-0.15, -0.1) is 0 Å². The third kappa shape index (κ3) is 5.56. The van der Waals surface area contributed by atoms with E-state index in [4.69, 9.17) is 14.6 Å². The molecule has 1 amide bonds. The number of carbonyl (C=O) groups is 2. The van der Waals surface area contributed by atoms with Gasteiger partial charge in [0.15, 0.2) is 0 Å². The van der Waals surface area contributed by atoms with E-state index in [2.05, 4.69) is 10.3 Å². The molecule has 7 heteroatoms. The van der Waals surface area contributed by atoms with Crippen molar-refractivity contribution < 1.29 is 24.2 Å². The highest BCUT2D eigenvalue weighted by atomic mass is 16.5. The standard InChI is InChI=1S/C19H22N2O5/c1-3-25-8-9-26-17-10-13(2)4-5-15(17)12-21-18(22)14-6-7-20-16(11-14)19(23)24/h4-7,10-11H,3,8-9,12H2,1-2H3,(H,21,22)(H,23,24). The van der Waals surface area contributed by atoms with Gasteiger partial charge in [0.05, 0.1) is 6.61 Å². The molecule has 7 nitrogen and oxygen atoms in total. The topological polar surface area (TPSA) is 97.8 Å². The number of benzene rings is 1. The first-order chi connectivity index (χ1) is 12.5. The molecule has 0 saturated carbocycles. The molecule has 138 valence electrons. The van der Waals surface area contributed by atoms with Crippen LogP contribution in [0.3, 0.4) is 0 Å². The molecular weight excluding hydrogens is 336 g/mol. The van der Waals surface area contributed by atoms with Crippen LogP contribution in [0.25, 0.3) is 0 Å². The highest BCUT2D eigenvalue weighted by Gasteiger charge is 2.12. The fourth-order valence-electron chi connectivity index (χ4n) is 2.26. The maximum atomic E-state index is 12.3. The van der Waals surface area contributed by atoms with Crippen LogP contribution < -0.4 is 10.1 Å². The van der Waals surface area contributed by atoms with E-state index in [0.717, 1.165) is 11.1 Å². The van der Waals surface area contributed by atoms with Crippen molar-refractivity contribution in [1.29, 1.82) is 0 Å². The number of rotatable bonds is 9. The zero-order valence-electron chi connectivity index (χ0n) is 14.8. The van der Waals surface area contributed by atoms with E-state index in [1.54, 1.807) is 0 Å². The molecule has 0 bridgehead atoms. The van der Waals surface area contributed by atoms with Crippen LogP contribution in [0.2, 0.25) is 0 Å². The van der Waals surface area contributed by atoms with E-state index in [9.17, 15) is 9.59 Å². The van der Waals surface area contributed by atoms with E-state index in [0.29, 0.717) is 25.6 Å². The van der Waals surface area contributed by atoms with Gasteiger partial charge in [-0.2, -0.15) is 0 Å². The fourth-order valence-corrected chi connectivity index (χ4v) is 2.26. The highest BCUT2D eigenvalue weighted by Crippen LogP contribution is 2.20. The van der Waals surface area contributed by atoms with Crippen LogP contribution in [0.5, 0.6) is 5.75 Å². The number of nitrogens with one attached hydrogen (secondary N) is 1. The molecule has 0 spiro atoms. The van der Waals surface area contributed by atoms with Crippen molar-refractivity contribution in [1.82, 2.24) is 10.3 Å². The van der Waals surface area contributed by atoms with Gasteiger partial charge in [0.1, 0.15) is 18.1 Å². The molecule has 0 aliphatic heterocycles. The second-order valence-corrected chi connectivity index (χ2v) is 5.57. The second-order valence-electron chi connectivity index (χ2n) is 5.57. The van der Waals surface area contributed by atoms with E-state index in [1.807, 2.05) is 32.0 Å². The molecule has 1 aromatic heterocycles. The summed E-state index contributed by atoms with van der Waals surface area (Å²) in [6.45, 7) is 5.68. The van der Waals surface area contributed by atoms with Gasteiger partial charge in [-0.1, -0.05) is 12.1 Å². The molecule has 0 fully saturated rings. The summed E-state index contributed by atoms with van der Waals surface area (Å²) in [6, 6.07) is 8.44. The van der Waals surface area contributed by atoms with E-state index >= 15 is 0 Å². The Bertz CT molecular complexity index is 776. The van der Waals surface area contributed by atoms with Crippen molar-refractivity contribution in [3.8, 4) is 5.75 Å². The lowest BCUT2D eigenvalue weighted by Gasteiger charge is -2.13. The van der Waals surface area contributed by atoms with Gasteiger partial charge >= 0.3 is 5.97 Å². The van der Waals surface area contributed by atoms with Gasteiger partial charge in [0.2, 0.25) is 0 Å². The van der Waals surface area contributed by atoms with Crippen molar-refractivity contribution in [2.45, 2.75) is 20.4 Å². The number of carboxylic acids is 1. The average molecular weight is 358 g/mol. The minimum atomic E-state index is -1.18. The minimum Gasteiger partial charge on any atom is -0.491 e. The van der Waals surface area contributed by atoms with Crippen LogP contribution in [-0.4, -0.2) is 41.8 Å². The van der Waals surface area contributed by atoms with Crippen molar-refractivity contribution >= 4 is 11.9 Å². The summed E-state index contributed by atoms with van der Waals surface area (Å²) in [5, 5.41) is 11.7. The lowest BCUT2D eigenvalue weighted by atomic mass is 10.1. The first-order valence-corrected chi connectivity index (χ1v) is 8.29. The number of ether oxygens (including phenoxy) is 2. The number of carboxylic acid groups (broad SMARTS) is 1. The monoisotopic (exact) mass is 358 g/mol. The number of aromatic carboxylic acids is 1. The number of aryl methyl sites for hydroxylation is 1. The Balaban J connectivity index is 2.03. The Kier molecular flexibility index (Phi) is 7.11. The second kappa shape index (κ2) is 9.53. The number of hydrogen-bond donors (Lipinski definition) is 2. The number of pyridine rings is 1. The summed E-state index contributed by atoms with van der Waals surface area (Å²) in [6.07, 6.45) is 1.30. The van der Waals surface area contributed by atoms with E-state index in [-0.39, 0.29) is 23.7 Å². The summed E-state index contributed by atoms with van der Waals surface area (Å²) >= 11 is 0. The Morgan fingerprint density at radius 3 is 2.73 bits per heavy atom. The maximum Gasteiger partial charge on any atom is 0.354 e. The minimum absolute atomic E-state index is 0.173. The van der Waals surface area contributed by atoms with Crippen molar-refractivity contribution in [2.75, 3.05) is 19.8 Å². The van der Waals surface area contributed by atoms with Gasteiger partial charge in [0.25, 0.3) is 5.91 Å². The van der Waals surface area contributed by atoms with Crippen LogP contribution in [0.4, 0.5) is 0 Å². The molecule has 0 saturated heterocycles. The average Bonchev–Trinajstić information content (AvgIpc) is 2.64. The number of carbonyl (C=O) groups excluding carboxylic acids is 1. The third-order valence-corrected chi connectivity index (χ3v) is 3.59. The molecule has 0 atom stereocenters. The lowest BCUT2D eigenvalue weighted by Crippen LogP contribution is -2.23. The normalized spacial score (nSPS) is 10.4. The molecule has 2 aromatic rings. The summed E-state index contributed by atoms with van der Waals surface area (Å²) in [4.78, 5) is 26.9. The number of amides is 1. The smallest absolute Gasteiger partial charge is 0.354 e. The lowest BCUT2D eigenvalue weighted by molar-refractivity contribution is 0.0690. The summed E-state index contributed by atoms with van der Waals surface area (Å²) < 4.78 is 11.0. The third-order valence-electron chi connectivity index (χ3n) is 3.59. The SMILES string of the molecule is CCOCCOc1cc(C)ccc1CNC(=O)c1ccnc(C(=O)O)c1. The highest BCUT2D eigenvalue weighted by molar-refractivity contribution is 5.96. The molecule has 0 aliphatic rings. The Morgan fingerprint density at radius 1 is 1.19 bits per heavy atom.